The van der Waals surface area contributed by atoms with E-state index in [4.69, 9.17) is 0 Å². The molecule has 0 aromatic carbocycles. The second-order valence-electron chi connectivity index (χ2n) is 12.3. The van der Waals surface area contributed by atoms with Crippen molar-refractivity contribution in [3.8, 4) is 0 Å². The van der Waals surface area contributed by atoms with Gasteiger partial charge in [-0.25, -0.2) is 9.13 Å². The Bertz CT molecular complexity index is 590. The van der Waals surface area contributed by atoms with Crippen molar-refractivity contribution in [2.45, 2.75) is 214 Å². The summed E-state index contributed by atoms with van der Waals surface area (Å²) >= 11 is 0. The van der Waals surface area contributed by atoms with Crippen LogP contribution in [0.25, 0.3) is 0 Å². The zero-order valence-electron chi connectivity index (χ0n) is 26.8. The maximum Gasteiger partial charge on any atom is 0.256 e. The van der Waals surface area contributed by atoms with Crippen molar-refractivity contribution in [3.05, 3.63) is 18.2 Å². The molecular weight excluding hydrogens is 460 g/mol. The molecule has 0 bridgehead atoms. The molecule has 224 valence electrons. The molecule has 0 saturated carbocycles. The Morgan fingerprint density at radius 1 is 0.447 bits per heavy atom. The molecule has 0 aliphatic heterocycles. The summed E-state index contributed by atoms with van der Waals surface area (Å²) in [4.78, 5) is 0. The van der Waals surface area contributed by atoms with Gasteiger partial charge in [-0.1, -0.05) is 168 Å². The first-order valence-corrected chi connectivity index (χ1v) is 17.9. The van der Waals surface area contributed by atoms with Gasteiger partial charge in [-0.05, 0) is 25.7 Å². The molecule has 0 atom stereocenters. The lowest BCUT2D eigenvalue weighted by Crippen LogP contribution is -2.37. The van der Waals surface area contributed by atoms with Gasteiger partial charge < -0.3 is 0 Å². The minimum atomic E-state index is 1.20. The Morgan fingerprint density at radius 2 is 0.816 bits per heavy atom. The number of unbranched alkanes of at least 4 members (excludes halogenated alkanes) is 24. The highest BCUT2D eigenvalue weighted by atomic mass is 15.1. The monoisotopic (exact) mass is 532 g/mol. The lowest BCUT2D eigenvalue weighted by molar-refractivity contribution is -0.704. The molecular formula is C36H71N2+. The van der Waals surface area contributed by atoms with Crippen LogP contribution in [0.4, 0.5) is 0 Å². The number of nitrogens with zero attached hydrogens (tertiary/aromatic N) is 2. The van der Waals surface area contributed by atoms with Crippen LogP contribution in [-0.4, -0.2) is 4.57 Å². The van der Waals surface area contributed by atoms with E-state index in [-0.39, 0.29) is 0 Å². The zero-order valence-corrected chi connectivity index (χ0v) is 26.8. The minimum absolute atomic E-state index is 1.20. The van der Waals surface area contributed by atoms with Gasteiger partial charge in [0.05, 0.1) is 13.1 Å². The fourth-order valence-electron chi connectivity index (χ4n) is 5.94. The first kappa shape index (κ1) is 35.2. The predicted octanol–water partition coefficient (Wildman–Crippen LogP) is 11.9. The van der Waals surface area contributed by atoms with Crippen molar-refractivity contribution in [2.24, 2.45) is 0 Å². The number of hydrogen-bond donors (Lipinski definition) is 0. The molecule has 1 rings (SSSR count). The first-order chi connectivity index (χ1) is 18.8. The van der Waals surface area contributed by atoms with Gasteiger partial charge >= 0.3 is 0 Å². The summed E-state index contributed by atoms with van der Waals surface area (Å²) in [5, 5.41) is 0. The Balaban J connectivity index is 2.11. The largest absolute Gasteiger partial charge is 0.256 e. The Labute approximate surface area is 240 Å². The lowest BCUT2D eigenvalue weighted by atomic mass is 10.0. The van der Waals surface area contributed by atoms with Crippen LogP contribution in [0.3, 0.4) is 0 Å². The van der Waals surface area contributed by atoms with Crippen LogP contribution in [0.1, 0.15) is 200 Å². The maximum absolute atomic E-state index is 2.60. The van der Waals surface area contributed by atoms with Gasteiger partial charge in [0.25, 0.3) is 5.82 Å². The van der Waals surface area contributed by atoms with E-state index in [1.807, 2.05) is 0 Å². The van der Waals surface area contributed by atoms with Crippen LogP contribution in [0.15, 0.2) is 12.4 Å². The standard InChI is InChI=1S/C36H71N2/c1-4-7-10-12-14-16-18-19-20-21-22-23-25-27-29-31-36-37(32-9-6-3)34-35-38(36)33-30-28-26-24-17-15-13-11-8-5-2/h34-35H,4-33H2,1-3H3/q+1. The molecule has 1 heterocycles. The van der Waals surface area contributed by atoms with Gasteiger partial charge in [-0.2, -0.15) is 0 Å². The van der Waals surface area contributed by atoms with Gasteiger partial charge in [0.1, 0.15) is 12.4 Å². The lowest BCUT2D eigenvalue weighted by Gasteiger charge is -2.07. The molecule has 2 heteroatoms. The van der Waals surface area contributed by atoms with E-state index < -0.39 is 0 Å². The molecule has 0 aliphatic rings. The summed E-state index contributed by atoms with van der Waals surface area (Å²) in [6.45, 7) is 9.36. The number of hydrogen-bond acceptors (Lipinski definition) is 0. The SMILES string of the molecule is CCCCCCCCCCCCCCCCCc1n(CCCC)cc[n+]1CCCCCCCCCCCC. The average molecular weight is 532 g/mol. The number of rotatable bonds is 30. The van der Waals surface area contributed by atoms with E-state index in [0.29, 0.717) is 0 Å². The smallest absolute Gasteiger partial charge is 0.234 e. The Morgan fingerprint density at radius 3 is 1.24 bits per heavy atom. The Hall–Kier alpha value is -0.790. The third-order valence-corrected chi connectivity index (χ3v) is 8.60. The summed E-state index contributed by atoms with van der Waals surface area (Å²) in [5.74, 6) is 1.60. The molecule has 2 nitrogen and oxygen atoms in total. The number of aryl methyl sites for hydroxylation is 2. The van der Waals surface area contributed by atoms with Crippen molar-refractivity contribution in [2.75, 3.05) is 0 Å². The van der Waals surface area contributed by atoms with Gasteiger partial charge in [-0.3, -0.25) is 0 Å². The third-order valence-electron chi connectivity index (χ3n) is 8.60. The molecule has 0 N–H and O–H groups in total. The van der Waals surface area contributed by atoms with E-state index in [2.05, 4.69) is 42.3 Å². The van der Waals surface area contributed by atoms with Crippen LogP contribution in [-0.2, 0) is 19.5 Å². The quantitative estimate of drug-likeness (QED) is 0.0689. The van der Waals surface area contributed by atoms with E-state index in [1.165, 1.54) is 193 Å². The normalized spacial score (nSPS) is 11.6. The fraction of sp³-hybridized carbons (Fsp3) is 0.917. The summed E-state index contributed by atoms with van der Waals surface area (Å²) in [6.07, 6.45) is 44.5. The molecule has 1 aromatic heterocycles. The van der Waals surface area contributed by atoms with Crippen molar-refractivity contribution in [3.63, 3.8) is 0 Å². The van der Waals surface area contributed by atoms with Crippen molar-refractivity contribution >= 4 is 0 Å². The molecule has 0 saturated heterocycles. The van der Waals surface area contributed by atoms with Crippen LogP contribution < -0.4 is 4.57 Å². The fourth-order valence-corrected chi connectivity index (χ4v) is 5.94. The molecule has 0 radical (unpaired) electrons. The van der Waals surface area contributed by atoms with Crippen molar-refractivity contribution < 1.29 is 4.57 Å². The Kier molecular flexibility index (Phi) is 25.7. The second kappa shape index (κ2) is 27.8. The summed E-state index contributed by atoms with van der Waals surface area (Å²) in [6, 6.07) is 0. The van der Waals surface area contributed by atoms with E-state index in [1.54, 1.807) is 5.82 Å². The van der Waals surface area contributed by atoms with Gasteiger partial charge in [0, 0.05) is 6.42 Å². The summed E-state index contributed by atoms with van der Waals surface area (Å²) in [5.41, 5.74) is 0. The van der Waals surface area contributed by atoms with E-state index in [0.717, 1.165) is 0 Å². The second-order valence-corrected chi connectivity index (χ2v) is 12.3. The molecule has 0 amide bonds. The van der Waals surface area contributed by atoms with Gasteiger partial charge in [-0.15, -0.1) is 0 Å². The first-order valence-electron chi connectivity index (χ1n) is 17.9. The highest BCUT2D eigenvalue weighted by molar-refractivity contribution is 4.84. The number of aromatic nitrogens is 2. The van der Waals surface area contributed by atoms with Crippen molar-refractivity contribution in [1.82, 2.24) is 4.57 Å². The molecule has 38 heavy (non-hydrogen) atoms. The summed E-state index contributed by atoms with van der Waals surface area (Å²) in [7, 11) is 0. The summed E-state index contributed by atoms with van der Waals surface area (Å²) < 4.78 is 5.17. The third kappa shape index (κ3) is 20.2. The van der Waals surface area contributed by atoms with Gasteiger partial charge in [0.2, 0.25) is 0 Å². The number of imidazole rings is 1. The van der Waals surface area contributed by atoms with E-state index in [9.17, 15) is 0 Å². The maximum atomic E-state index is 2.60. The highest BCUT2D eigenvalue weighted by Gasteiger charge is 2.16. The van der Waals surface area contributed by atoms with Crippen LogP contribution in [0, 0.1) is 0 Å². The van der Waals surface area contributed by atoms with Crippen LogP contribution in [0.2, 0.25) is 0 Å². The molecule has 1 aromatic rings. The topological polar surface area (TPSA) is 8.81 Å². The zero-order chi connectivity index (χ0) is 27.4. The van der Waals surface area contributed by atoms with Crippen LogP contribution in [0.5, 0.6) is 0 Å². The highest BCUT2D eigenvalue weighted by Crippen LogP contribution is 2.15. The van der Waals surface area contributed by atoms with Gasteiger partial charge in [0.15, 0.2) is 0 Å². The minimum Gasteiger partial charge on any atom is -0.234 e. The molecule has 0 unspecified atom stereocenters. The van der Waals surface area contributed by atoms with E-state index >= 15 is 0 Å². The molecule has 0 fully saturated rings. The molecule has 0 aliphatic carbocycles. The molecule has 0 spiro atoms. The van der Waals surface area contributed by atoms with Crippen molar-refractivity contribution in [1.29, 1.82) is 0 Å². The predicted molar refractivity (Wildman–Crippen MR) is 170 cm³/mol. The average Bonchev–Trinajstić information content (AvgIpc) is 3.31. The van der Waals surface area contributed by atoms with Crippen LogP contribution >= 0.6 is 0 Å².